The maximum Gasteiger partial charge on any atom is 0.410 e. The molecule has 11 nitrogen and oxygen atoms in total. The Morgan fingerprint density at radius 1 is 1.10 bits per heavy atom. The van der Waals surface area contributed by atoms with Crippen LogP contribution in [0, 0.1) is 5.41 Å². The summed E-state index contributed by atoms with van der Waals surface area (Å²) in [6.07, 6.45) is -3.35. The summed E-state index contributed by atoms with van der Waals surface area (Å²) in [7, 11) is 1.40. The van der Waals surface area contributed by atoms with Crippen LogP contribution in [-0.2, 0) is 22.5 Å². The molecular formula is C27H35F3N6O5. The highest BCUT2D eigenvalue weighted by atomic mass is 19.4. The van der Waals surface area contributed by atoms with E-state index in [1.54, 1.807) is 30.2 Å². The van der Waals surface area contributed by atoms with Gasteiger partial charge in [-0.3, -0.25) is 9.59 Å². The van der Waals surface area contributed by atoms with Gasteiger partial charge in [0.05, 0.1) is 18.7 Å². The number of nitrogens with one attached hydrogen (secondary N) is 1. The van der Waals surface area contributed by atoms with Crippen molar-refractivity contribution in [3.8, 4) is 5.88 Å². The minimum absolute atomic E-state index is 0.0143. The highest BCUT2D eigenvalue weighted by Crippen LogP contribution is 2.73. The Kier molecular flexibility index (Phi) is 6.89. The highest BCUT2D eigenvalue weighted by molar-refractivity contribution is 5.82. The molecule has 2 amide bonds. The zero-order chi connectivity index (χ0) is 30.0. The topological polar surface area (TPSA) is 119 Å². The summed E-state index contributed by atoms with van der Waals surface area (Å²) < 4.78 is 52.2. The van der Waals surface area contributed by atoms with E-state index in [9.17, 15) is 27.6 Å². The minimum atomic E-state index is -4.28. The van der Waals surface area contributed by atoms with E-state index < -0.39 is 34.7 Å². The number of alkyl halides is 3. The van der Waals surface area contributed by atoms with Crippen LogP contribution >= 0.6 is 0 Å². The molecule has 1 saturated heterocycles. The molecule has 0 unspecified atom stereocenters. The Morgan fingerprint density at radius 2 is 1.73 bits per heavy atom. The summed E-state index contributed by atoms with van der Waals surface area (Å²) in [5.74, 6) is -0.333. The highest BCUT2D eigenvalue weighted by Gasteiger charge is 2.78. The number of rotatable bonds is 6. The number of hydrogen-bond acceptors (Lipinski definition) is 8. The molecule has 3 aliphatic carbocycles. The summed E-state index contributed by atoms with van der Waals surface area (Å²) in [5, 5.41) is 2.81. The smallest absolute Gasteiger partial charge is 0.410 e. The number of piperazine rings is 1. The van der Waals surface area contributed by atoms with Crippen LogP contribution in [0.5, 0.6) is 5.88 Å². The first-order chi connectivity index (χ1) is 19.1. The van der Waals surface area contributed by atoms with Gasteiger partial charge in [0.1, 0.15) is 17.8 Å². The molecule has 41 heavy (non-hydrogen) atoms. The number of ether oxygens (including phenoxy) is 2. The van der Waals surface area contributed by atoms with Crippen molar-refractivity contribution in [2.24, 2.45) is 5.41 Å². The van der Waals surface area contributed by atoms with E-state index in [2.05, 4.69) is 15.3 Å². The number of methoxy groups -OCH3 is 1. The predicted molar refractivity (Wildman–Crippen MR) is 143 cm³/mol. The number of halogens is 3. The van der Waals surface area contributed by atoms with Crippen molar-refractivity contribution < 1.29 is 32.2 Å². The Morgan fingerprint density at radius 3 is 2.27 bits per heavy atom. The van der Waals surface area contributed by atoms with Crippen LogP contribution in [0.2, 0.25) is 0 Å². The van der Waals surface area contributed by atoms with Crippen LogP contribution < -0.4 is 20.4 Å². The van der Waals surface area contributed by atoms with E-state index in [-0.39, 0.29) is 48.3 Å². The van der Waals surface area contributed by atoms with Crippen molar-refractivity contribution in [1.82, 2.24) is 24.8 Å². The number of anilines is 1. The van der Waals surface area contributed by atoms with Crippen LogP contribution in [0.4, 0.5) is 23.7 Å². The molecule has 4 fully saturated rings. The number of pyridine rings is 1. The van der Waals surface area contributed by atoms with Crippen LogP contribution in [0.1, 0.15) is 52.7 Å². The Labute approximate surface area is 235 Å². The lowest BCUT2D eigenvalue weighted by Crippen LogP contribution is -2.78. The van der Waals surface area contributed by atoms with Gasteiger partial charge in [0.15, 0.2) is 11.2 Å². The molecular weight excluding hydrogens is 545 g/mol. The summed E-state index contributed by atoms with van der Waals surface area (Å²) in [6, 6.07) is 0. The van der Waals surface area contributed by atoms with E-state index in [0.717, 1.165) is 0 Å². The lowest BCUT2D eigenvalue weighted by Gasteiger charge is -2.70. The van der Waals surface area contributed by atoms with Gasteiger partial charge in [-0.05, 0) is 46.5 Å². The molecule has 0 atom stereocenters. The molecule has 3 saturated carbocycles. The number of aromatic nitrogens is 3. The molecule has 2 aromatic rings. The van der Waals surface area contributed by atoms with Gasteiger partial charge >= 0.3 is 12.3 Å². The predicted octanol–water partition coefficient (Wildman–Crippen LogP) is 3.02. The first kappa shape index (κ1) is 28.9. The number of nitrogens with zero attached hydrogens (tertiary/aromatic N) is 5. The second-order valence-corrected chi connectivity index (χ2v) is 12.2. The zero-order valence-electron chi connectivity index (χ0n) is 23.9. The van der Waals surface area contributed by atoms with Gasteiger partial charge in [-0.1, -0.05) is 6.92 Å². The SMILES string of the molecule is CCc1c(N2CCN(C(=O)OC(C)(C)C)CC2)c(=O)c2nc(OC)cnc2n1CC(=O)NC12CC(C(F)(F)F)(C1)C2. The maximum atomic E-state index is 13.8. The lowest BCUT2D eigenvalue weighted by atomic mass is 9.39. The summed E-state index contributed by atoms with van der Waals surface area (Å²) in [5.41, 5.74) is -2.45. The van der Waals surface area contributed by atoms with Gasteiger partial charge in [0.2, 0.25) is 17.2 Å². The Balaban J connectivity index is 1.43. The average molecular weight is 581 g/mol. The molecule has 0 spiro atoms. The first-order valence-electron chi connectivity index (χ1n) is 13.7. The second-order valence-electron chi connectivity index (χ2n) is 12.2. The molecule has 2 aromatic heterocycles. The average Bonchev–Trinajstić information content (AvgIpc) is 2.84. The molecule has 1 aliphatic heterocycles. The number of fused-ring (bicyclic) bond motifs is 1. The molecule has 14 heteroatoms. The van der Waals surface area contributed by atoms with E-state index in [4.69, 9.17) is 9.47 Å². The van der Waals surface area contributed by atoms with Gasteiger partial charge in [0.25, 0.3) is 0 Å². The van der Waals surface area contributed by atoms with Crippen LogP contribution in [0.3, 0.4) is 0 Å². The Bertz CT molecular complexity index is 1420. The van der Waals surface area contributed by atoms with E-state index in [1.807, 2.05) is 11.8 Å². The van der Waals surface area contributed by atoms with Crippen molar-refractivity contribution in [1.29, 1.82) is 0 Å². The number of carbonyl (C=O) groups is 2. The van der Waals surface area contributed by atoms with Crippen molar-refractivity contribution in [3.63, 3.8) is 0 Å². The Hall–Kier alpha value is -3.58. The minimum Gasteiger partial charge on any atom is -0.480 e. The zero-order valence-corrected chi connectivity index (χ0v) is 23.9. The van der Waals surface area contributed by atoms with Crippen molar-refractivity contribution >= 4 is 28.9 Å². The quantitative estimate of drug-likeness (QED) is 0.554. The van der Waals surface area contributed by atoms with Crippen molar-refractivity contribution in [3.05, 3.63) is 22.1 Å². The standard InChI is InChI=1S/C27H35F3N6O5/c1-6-16-20(34-7-9-35(10-8-34)23(39)41-24(2,3)4)21(38)19-22(31-11-18(32-19)40-5)36(16)12-17(37)33-26-13-25(14-26,15-26)27(28,29)30/h11H,6-10,12-15H2,1-5H3,(H,33,37). The fraction of sp³-hybridized carbons (Fsp3) is 0.667. The lowest BCUT2D eigenvalue weighted by molar-refractivity contribution is -0.337. The monoisotopic (exact) mass is 580 g/mol. The number of amides is 2. The van der Waals surface area contributed by atoms with E-state index >= 15 is 0 Å². The van der Waals surface area contributed by atoms with Crippen molar-refractivity contribution in [2.45, 2.75) is 77.2 Å². The van der Waals surface area contributed by atoms with Gasteiger partial charge in [-0.2, -0.15) is 13.2 Å². The van der Waals surface area contributed by atoms with Gasteiger partial charge in [0, 0.05) is 37.4 Å². The van der Waals surface area contributed by atoms with Crippen LogP contribution in [0.15, 0.2) is 11.0 Å². The molecule has 0 radical (unpaired) electrons. The molecule has 3 heterocycles. The first-order valence-corrected chi connectivity index (χ1v) is 13.7. The normalized spacial score (nSPS) is 24.0. The summed E-state index contributed by atoms with van der Waals surface area (Å²) in [6.45, 7) is 8.32. The number of carbonyl (C=O) groups excluding carboxylic acids is 2. The number of hydrogen-bond donors (Lipinski definition) is 1. The second kappa shape index (κ2) is 9.76. The molecule has 2 bridgehead atoms. The molecule has 1 N–H and O–H groups in total. The molecule has 0 aromatic carbocycles. The third kappa shape index (κ3) is 5.05. The van der Waals surface area contributed by atoms with Crippen molar-refractivity contribution in [2.75, 3.05) is 38.2 Å². The molecule has 4 aliphatic rings. The van der Waals surface area contributed by atoms with Gasteiger partial charge in [-0.25, -0.2) is 14.8 Å². The van der Waals surface area contributed by atoms with Gasteiger partial charge in [-0.15, -0.1) is 0 Å². The van der Waals surface area contributed by atoms with E-state index in [0.29, 0.717) is 44.0 Å². The molecule has 224 valence electrons. The third-order valence-corrected chi connectivity index (χ3v) is 8.15. The summed E-state index contributed by atoms with van der Waals surface area (Å²) >= 11 is 0. The van der Waals surface area contributed by atoms with Crippen LogP contribution in [0.25, 0.3) is 11.2 Å². The van der Waals surface area contributed by atoms with Gasteiger partial charge < -0.3 is 29.2 Å². The molecule has 6 rings (SSSR count). The maximum absolute atomic E-state index is 13.8. The fourth-order valence-electron chi connectivity index (χ4n) is 6.31. The summed E-state index contributed by atoms with van der Waals surface area (Å²) in [4.78, 5) is 51.7. The fourth-order valence-corrected chi connectivity index (χ4v) is 6.31. The third-order valence-electron chi connectivity index (χ3n) is 8.15. The van der Waals surface area contributed by atoms with Crippen LogP contribution in [-0.4, -0.2) is 82.0 Å². The van der Waals surface area contributed by atoms with E-state index in [1.165, 1.54) is 13.3 Å². The largest absolute Gasteiger partial charge is 0.480 e.